The van der Waals surface area contributed by atoms with Crippen molar-refractivity contribution in [2.45, 2.75) is 51.2 Å². The highest BCUT2D eigenvalue weighted by Gasteiger charge is 2.31. The van der Waals surface area contributed by atoms with Crippen LogP contribution in [0.5, 0.6) is 0 Å². The van der Waals surface area contributed by atoms with Gasteiger partial charge in [0.25, 0.3) is 0 Å². The van der Waals surface area contributed by atoms with Gasteiger partial charge in [0.1, 0.15) is 0 Å². The molecule has 0 aromatic heterocycles. The molecule has 0 saturated heterocycles. The Labute approximate surface area is 105 Å². The van der Waals surface area contributed by atoms with Crippen LogP contribution in [0.1, 0.15) is 46.0 Å². The maximum absolute atomic E-state index is 12.4. The Kier molecular flexibility index (Phi) is 3.76. The summed E-state index contributed by atoms with van der Waals surface area (Å²) in [6.45, 7) is 4.32. The van der Waals surface area contributed by atoms with Crippen LogP contribution in [0.15, 0.2) is 23.1 Å². The summed E-state index contributed by atoms with van der Waals surface area (Å²) in [7, 11) is -3.06. The van der Waals surface area contributed by atoms with Gasteiger partial charge < -0.3 is 0 Å². The van der Waals surface area contributed by atoms with Crippen molar-refractivity contribution in [2.24, 2.45) is 11.8 Å². The summed E-state index contributed by atoms with van der Waals surface area (Å²) in [5.74, 6) is 1.16. The minimum atomic E-state index is -3.06. The monoisotopic (exact) mass is 254 g/mol. The van der Waals surface area contributed by atoms with Crippen LogP contribution < -0.4 is 0 Å². The highest BCUT2D eigenvalue weighted by Crippen LogP contribution is 2.32. The van der Waals surface area contributed by atoms with Crippen molar-refractivity contribution in [2.75, 3.05) is 0 Å². The van der Waals surface area contributed by atoms with Crippen LogP contribution in [0, 0.1) is 11.8 Å². The predicted octanol–water partition coefficient (Wildman–Crippen LogP) is 3.46. The maximum Gasteiger partial charge on any atom is 0.180 e. The predicted molar refractivity (Wildman–Crippen MR) is 71.3 cm³/mol. The van der Waals surface area contributed by atoms with Crippen LogP contribution >= 0.6 is 0 Å². The summed E-state index contributed by atoms with van der Waals surface area (Å²) < 4.78 is 24.9. The quantitative estimate of drug-likeness (QED) is 0.756. The van der Waals surface area contributed by atoms with E-state index in [2.05, 4.69) is 13.8 Å². The first-order valence-corrected chi connectivity index (χ1v) is 8.17. The molecule has 0 aromatic carbocycles. The van der Waals surface area contributed by atoms with E-state index in [1.54, 1.807) is 0 Å². The molecule has 2 aliphatic carbocycles. The third kappa shape index (κ3) is 2.82. The molecule has 0 bridgehead atoms. The molecule has 0 N–H and O–H groups in total. The van der Waals surface area contributed by atoms with Crippen molar-refractivity contribution < 1.29 is 8.42 Å². The highest BCUT2D eigenvalue weighted by atomic mass is 32.2. The lowest BCUT2D eigenvalue weighted by Gasteiger charge is -2.27. The van der Waals surface area contributed by atoms with Gasteiger partial charge in [-0.25, -0.2) is 8.42 Å². The van der Waals surface area contributed by atoms with Gasteiger partial charge in [-0.3, -0.25) is 0 Å². The molecule has 0 spiro atoms. The van der Waals surface area contributed by atoms with Gasteiger partial charge in [-0.2, -0.15) is 0 Å². The standard InChI is InChI=1S/C14H22O2S/c1-11-3-7-13(8-4-11)17(15,16)14-9-5-12(2)6-10-14/h3,7-8,11-12,14H,4-6,9-10H2,1-2H3. The second kappa shape index (κ2) is 4.97. The molecule has 3 heteroatoms. The van der Waals surface area contributed by atoms with Crippen molar-refractivity contribution in [3.8, 4) is 0 Å². The fraction of sp³-hybridized carbons (Fsp3) is 0.714. The molecule has 17 heavy (non-hydrogen) atoms. The van der Waals surface area contributed by atoms with E-state index in [4.69, 9.17) is 0 Å². The maximum atomic E-state index is 12.4. The lowest BCUT2D eigenvalue weighted by Crippen LogP contribution is -2.27. The number of allylic oxidation sites excluding steroid dienone is 3. The van der Waals surface area contributed by atoms with E-state index in [9.17, 15) is 8.42 Å². The summed E-state index contributed by atoms with van der Waals surface area (Å²) in [6.07, 6.45) is 10.4. The van der Waals surface area contributed by atoms with Crippen LogP contribution in [-0.4, -0.2) is 13.7 Å². The average molecular weight is 254 g/mol. The zero-order valence-electron chi connectivity index (χ0n) is 10.7. The number of sulfone groups is 1. The van der Waals surface area contributed by atoms with Gasteiger partial charge in [0.2, 0.25) is 0 Å². The van der Waals surface area contributed by atoms with Crippen LogP contribution in [0.4, 0.5) is 0 Å². The SMILES string of the molecule is CC1C=CC(S(=O)(=O)C2CCC(C)CC2)=CC1. The Morgan fingerprint density at radius 1 is 1.12 bits per heavy atom. The number of rotatable bonds is 2. The van der Waals surface area contributed by atoms with Crippen LogP contribution in [0.25, 0.3) is 0 Å². The molecule has 1 fully saturated rings. The first-order valence-electron chi connectivity index (χ1n) is 6.62. The molecule has 0 radical (unpaired) electrons. The fourth-order valence-electron chi connectivity index (χ4n) is 2.65. The molecule has 1 atom stereocenters. The summed E-state index contributed by atoms with van der Waals surface area (Å²) in [4.78, 5) is 0.565. The van der Waals surface area contributed by atoms with Crippen LogP contribution in [-0.2, 0) is 9.84 Å². The molecular weight excluding hydrogens is 232 g/mol. The minimum absolute atomic E-state index is 0.136. The molecule has 0 amide bonds. The lowest BCUT2D eigenvalue weighted by atomic mass is 9.91. The zero-order chi connectivity index (χ0) is 12.5. The Hall–Kier alpha value is -0.570. The molecule has 1 saturated carbocycles. The Bertz CT molecular complexity index is 423. The molecule has 96 valence electrons. The summed E-state index contributed by atoms with van der Waals surface area (Å²) in [6, 6.07) is 0. The highest BCUT2D eigenvalue weighted by molar-refractivity contribution is 7.96. The Morgan fingerprint density at radius 2 is 1.76 bits per heavy atom. The molecule has 0 aliphatic heterocycles. The first-order chi connectivity index (χ1) is 8.00. The van der Waals surface area contributed by atoms with E-state index in [0.717, 1.165) is 32.1 Å². The molecule has 2 rings (SSSR count). The van der Waals surface area contributed by atoms with Gasteiger partial charge in [0.05, 0.1) is 10.2 Å². The van der Waals surface area contributed by atoms with Gasteiger partial charge in [-0.1, -0.05) is 26.0 Å². The lowest BCUT2D eigenvalue weighted by molar-refractivity contribution is 0.383. The van der Waals surface area contributed by atoms with Gasteiger partial charge in [0.15, 0.2) is 9.84 Å². The van der Waals surface area contributed by atoms with Crippen LogP contribution in [0.3, 0.4) is 0 Å². The Morgan fingerprint density at radius 3 is 2.29 bits per heavy atom. The average Bonchev–Trinajstić information content (AvgIpc) is 2.30. The van der Waals surface area contributed by atoms with Gasteiger partial charge >= 0.3 is 0 Å². The smallest absolute Gasteiger partial charge is 0.180 e. The van der Waals surface area contributed by atoms with E-state index >= 15 is 0 Å². The first kappa shape index (κ1) is 12.9. The normalized spacial score (nSPS) is 34.5. The Balaban J connectivity index is 2.12. The van der Waals surface area contributed by atoms with E-state index in [-0.39, 0.29) is 5.25 Å². The van der Waals surface area contributed by atoms with E-state index in [0.29, 0.717) is 16.7 Å². The molecule has 0 aromatic rings. The van der Waals surface area contributed by atoms with Crippen molar-refractivity contribution in [1.29, 1.82) is 0 Å². The summed E-state index contributed by atoms with van der Waals surface area (Å²) in [5, 5.41) is -0.136. The molecule has 0 heterocycles. The van der Waals surface area contributed by atoms with Gasteiger partial charge in [-0.15, -0.1) is 0 Å². The van der Waals surface area contributed by atoms with E-state index in [1.807, 2.05) is 18.2 Å². The summed E-state index contributed by atoms with van der Waals surface area (Å²) >= 11 is 0. The molecule has 1 unspecified atom stereocenters. The molecule has 2 nitrogen and oxygen atoms in total. The zero-order valence-corrected chi connectivity index (χ0v) is 11.5. The largest absolute Gasteiger partial charge is 0.223 e. The third-order valence-corrected chi connectivity index (χ3v) is 6.32. The van der Waals surface area contributed by atoms with Crippen molar-refractivity contribution in [3.63, 3.8) is 0 Å². The number of hydrogen-bond acceptors (Lipinski definition) is 2. The molecular formula is C14H22O2S. The topological polar surface area (TPSA) is 34.1 Å². The second-order valence-corrected chi connectivity index (χ2v) is 7.83. The molecule has 2 aliphatic rings. The van der Waals surface area contributed by atoms with Crippen molar-refractivity contribution in [1.82, 2.24) is 0 Å². The fourth-order valence-corrected chi connectivity index (χ4v) is 4.53. The van der Waals surface area contributed by atoms with Gasteiger partial charge in [0, 0.05) is 0 Å². The van der Waals surface area contributed by atoms with E-state index in [1.165, 1.54) is 0 Å². The second-order valence-electron chi connectivity index (χ2n) is 5.61. The van der Waals surface area contributed by atoms with Gasteiger partial charge in [-0.05, 0) is 50.0 Å². The van der Waals surface area contributed by atoms with Crippen molar-refractivity contribution >= 4 is 9.84 Å². The summed E-state index contributed by atoms with van der Waals surface area (Å²) in [5.41, 5.74) is 0. The number of hydrogen-bond donors (Lipinski definition) is 0. The van der Waals surface area contributed by atoms with Crippen molar-refractivity contribution in [3.05, 3.63) is 23.1 Å². The van der Waals surface area contributed by atoms with E-state index < -0.39 is 9.84 Å². The minimum Gasteiger partial charge on any atom is -0.223 e. The third-order valence-electron chi connectivity index (χ3n) is 4.01. The van der Waals surface area contributed by atoms with Crippen LogP contribution in [0.2, 0.25) is 0 Å².